The Bertz CT molecular complexity index is 706. The van der Waals surface area contributed by atoms with Crippen LogP contribution in [-0.2, 0) is 0 Å². The number of carbonyl (C=O) groups is 1. The molecule has 1 N–H and O–H groups in total. The molecule has 3 heterocycles. The van der Waals surface area contributed by atoms with Crippen LogP contribution in [0.1, 0.15) is 45.1 Å². The van der Waals surface area contributed by atoms with E-state index in [-0.39, 0.29) is 11.9 Å². The van der Waals surface area contributed by atoms with Crippen LogP contribution in [0, 0.1) is 0 Å². The molecule has 1 unspecified atom stereocenters. The van der Waals surface area contributed by atoms with Crippen molar-refractivity contribution in [3.8, 4) is 0 Å². The first-order chi connectivity index (χ1) is 12.8. The molecule has 2 aromatic rings. The van der Waals surface area contributed by atoms with E-state index in [1.807, 2.05) is 47.8 Å². The standard InChI is InChI=1S/C20H24N2O2S2/c23-19(15-5-7-16(8-6-15)20-25-12-13-26-20)21-14-17(18-4-3-11-24-18)22-9-1-2-10-22/h3-8,11,17,20H,1-2,9-10,12-14H2,(H,21,23). The summed E-state index contributed by atoms with van der Waals surface area (Å²) in [5.41, 5.74) is 2.03. The second-order valence-corrected chi connectivity index (χ2v) is 9.40. The minimum absolute atomic E-state index is 0.0148. The summed E-state index contributed by atoms with van der Waals surface area (Å²) in [6.07, 6.45) is 4.13. The highest BCUT2D eigenvalue weighted by atomic mass is 32.2. The number of furan rings is 1. The molecule has 0 saturated carbocycles. The Morgan fingerprint density at radius 3 is 2.54 bits per heavy atom. The van der Waals surface area contributed by atoms with Gasteiger partial charge in [0.25, 0.3) is 5.91 Å². The smallest absolute Gasteiger partial charge is 0.251 e. The lowest BCUT2D eigenvalue weighted by Crippen LogP contribution is -2.36. The lowest BCUT2D eigenvalue weighted by atomic mass is 10.1. The summed E-state index contributed by atoms with van der Waals surface area (Å²) in [5, 5.41) is 3.10. The molecule has 1 atom stereocenters. The summed E-state index contributed by atoms with van der Waals surface area (Å²) in [4.78, 5) is 15.0. The topological polar surface area (TPSA) is 45.5 Å². The van der Waals surface area contributed by atoms with Crippen LogP contribution in [0.25, 0.3) is 0 Å². The second-order valence-electron chi connectivity index (χ2n) is 6.68. The minimum atomic E-state index is -0.0148. The molecule has 2 aliphatic rings. The predicted molar refractivity (Wildman–Crippen MR) is 109 cm³/mol. The maximum absolute atomic E-state index is 12.6. The van der Waals surface area contributed by atoms with E-state index in [2.05, 4.69) is 22.3 Å². The summed E-state index contributed by atoms with van der Waals surface area (Å²) >= 11 is 3.97. The third-order valence-corrected chi connectivity index (χ3v) is 8.08. The summed E-state index contributed by atoms with van der Waals surface area (Å²) in [6.45, 7) is 2.70. The van der Waals surface area contributed by atoms with E-state index < -0.39 is 0 Å². The Kier molecular flexibility index (Phi) is 5.92. The molecular weight excluding hydrogens is 364 g/mol. The first-order valence-corrected chi connectivity index (χ1v) is 11.3. The van der Waals surface area contributed by atoms with Gasteiger partial charge in [-0.1, -0.05) is 12.1 Å². The molecule has 1 aromatic heterocycles. The van der Waals surface area contributed by atoms with Gasteiger partial charge >= 0.3 is 0 Å². The molecule has 2 aliphatic heterocycles. The number of hydrogen-bond donors (Lipinski definition) is 1. The molecule has 0 spiro atoms. The van der Waals surface area contributed by atoms with Crippen LogP contribution in [-0.4, -0.2) is 41.9 Å². The van der Waals surface area contributed by atoms with Crippen molar-refractivity contribution in [3.05, 3.63) is 59.5 Å². The average Bonchev–Trinajstić information content (AvgIpc) is 3.45. The van der Waals surface area contributed by atoms with E-state index in [9.17, 15) is 4.79 Å². The number of rotatable bonds is 6. The Labute approximate surface area is 163 Å². The van der Waals surface area contributed by atoms with E-state index in [1.165, 1.54) is 29.9 Å². The molecule has 4 rings (SSSR count). The van der Waals surface area contributed by atoms with Gasteiger partial charge < -0.3 is 9.73 Å². The molecule has 6 heteroatoms. The van der Waals surface area contributed by atoms with Gasteiger partial charge in [0, 0.05) is 23.6 Å². The summed E-state index contributed by atoms with van der Waals surface area (Å²) < 4.78 is 6.14. The van der Waals surface area contributed by atoms with Crippen LogP contribution in [0.5, 0.6) is 0 Å². The number of carbonyl (C=O) groups excluding carboxylic acids is 1. The number of hydrogen-bond acceptors (Lipinski definition) is 5. The maximum atomic E-state index is 12.6. The van der Waals surface area contributed by atoms with Crippen molar-refractivity contribution in [3.63, 3.8) is 0 Å². The van der Waals surface area contributed by atoms with Gasteiger partial charge in [-0.05, 0) is 55.8 Å². The third-order valence-electron chi connectivity index (χ3n) is 4.98. The van der Waals surface area contributed by atoms with Crippen molar-refractivity contribution in [1.29, 1.82) is 0 Å². The minimum Gasteiger partial charge on any atom is -0.468 e. The van der Waals surface area contributed by atoms with Gasteiger partial charge in [-0.15, -0.1) is 23.5 Å². The van der Waals surface area contributed by atoms with Crippen molar-refractivity contribution in [1.82, 2.24) is 10.2 Å². The van der Waals surface area contributed by atoms with Crippen LogP contribution in [0.15, 0.2) is 47.1 Å². The predicted octanol–water partition coefficient (Wildman–Crippen LogP) is 4.33. The van der Waals surface area contributed by atoms with Gasteiger partial charge in [-0.2, -0.15) is 0 Å². The molecule has 26 heavy (non-hydrogen) atoms. The van der Waals surface area contributed by atoms with Crippen LogP contribution in [0.2, 0.25) is 0 Å². The Hall–Kier alpha value is -1.37. The zero-order valence-electron chi connectivity index (χ0n) is 14.7. The average molecular weight is 389 g/mol. The lowest BCUT2D eigenvalue weighted by Gasteiger charge is -2.26. The summed E-state index contributed by atoms with van der Waals surface area (Å²) in [7, 11) is 0. The number of thioether (sulfide) groups is 2. The number of amides is 1. The second kappa shape index (κ2) is 8.55. The maximum Gasteiger partial charge on any atom is 0.251 e. The quantitative estimate of drug-likeness (QED) is 0.798. The first-order valence-electron chi connectivity index (χ1n) is 9.20. The van der Waals surface area contributed by atoms with Crippen molar-refractivity contribution >= 4 is 29.4 Å². The molecule has 138 valence electrons. The molecule has 0 radical (unpaired) electrons. The van der Waals surface area contributed by atoms with Gasteiger partial charge in [0.2, 0.25) is 0 Å². The van der Waals surface area contributed by atoms with Gasteiger partial charge in [0.15, 0.2) is 0 Å². The van der Waals surface area contributed by atoms with E-state index in [4.69, 9.17) is 4.42 Å². The fraction of sp³-hybridized carbons (Fsp3) is 0.450. The SMILES string of the molecule is O=C(NCC(c1ccco1)N1CCCC1)c1ccc(C2SCCS2)cc1. The molecule has 2 fully saturated rings. The zero-order valence-corrected chi connectivity index (χ0v) is 16.4. The molecule has 0 bridgehead atoms. The lowest BCUT2D eigenvalue weighted by molar-refractivity contribution is 0.0934. The third kappa shape index (κ3) is 4.13. The molecule has 4 nitrogen and oxygen atoms in total. The van der Waals surface area contributed by atoms with Gasteiger partial charge in [0.1, 0.15) is 5.76 Å². The highest BCUT2D eigenvalue weighted by Gasteiger charge is 2.26. The highest BCUT2D eigenvalue weighted by molar-refractivity contribution is 8.19. The monoisotopic (exact) mass is 388 g/mol. The Balaban J connectivity index is 1.38. The van der Waals surface area contributed by atoms with Gasteiger partial charge in [0.05, 0.1) is 16.9 Å². The number of nitrogens with zero attached hydrogens (tertiary/aromatic N) is 1. The van der Waals surface area contributed by atoms with E-state index in [0.717, 1.165) is 24.4 Å². The van der Waals surface area contributed by atoms with E-state index in [0.29, 0.717) is 11.1 Å². The summed E-state index contributed by atoms with van der Waals surface area (Å²) in [6, 6.07) is 12.1. The van der Waals surface area contributed by atoms with Crippen LogP contribution in [0.4, 0.5) is 0 Å². The zero-order chi connectivity index (χ0) is 17.8. The number of benzene rings is 1. The van der Waals surface area contributed by atoms with Crippen LogP contribution >= 0.6 is 23.5 Å². The van der Waals surface area contributed by atoms with Crippen molar-refractivity contribution in [2.75, 3.05) is 31.1 Å². The normalized spacial score (nSPS) is 19.7. The van der Waals surface area contributed by atoms with Crippen molar-refractivity contribution in [2.24, 2.45) is 0 Å². The fourth-order valence-electron chi connectivity index (χ4n) is 3.58. The van der Waals surface area contributed by atoms with E-state index in [1.54, 1.807) is 6.26 Å². The van der Waals surface area contributed by atoms with Crippen molar-refractivity contribution in [2.45, 2.75) is 23.5 Å². The highest BCUT2D eigenvalue weighted by Crippen LogP contribution is 2.45. The Morgan fingerprint density at radius 1 is 1.15 bits per heavy atom. The fourth-order valence-corrected chi connectivity index (χ4v) is 6.44. The van der Waals surface area contributed by atoms with Crippen LogP contribution in [0.3, 0.4) is 0 Å². The van der Waals surface area contributed by atoms with E-state index >= 15 is 0 Å². The molecule has 2 saturated heterocycles. The molecular formula is C20H24N2O2S2. The van der Waals surface area contributed by atoms with Crippen molar-refractivity contribution < 1.29 is 9.21 Å². The van der Waals surface area contributed by atoms with Gasteiger partial charge in [-0.3, -0.25) is 9.69 Å². The largest absolute Gasteiger partial charge is 0.468 e. The van der Waals surface area contributed by atoms with Crippen LogP contribution < -0.4 is 5.32 Å². The molecule has 1 aromatic carbocycles. The first kappa shape index (κ1) is 18.0. The Morgan fingerprint density at radius 2 is 1.88 bits per heavy atom. The molecule has 1 amide bonds. The number of nitrogens with one attached hydrogen (secondary N) is 1. The molecule has 0 aliphatic carbocycles. The van der Waals surface area contributed by atoms with Gasteiger partial charge in [-0.25, -0.2) is 0 Å². The number of likely N-dealkylation sites (tertiary alicyclic amines) is 1. The summed E-state index contributed by atoms with van der Waals surface area (Å²) in [5.74, 6) is 3.33.